The van der Waals surface area contributed by atoms with E-state index in [-0.39, 0.29) is 25.7 Å². The van der Waals surface area contributed by atoms with E-state index in [1.54, 1.807) is 0 Å². The number of rotatable bonds is 78. The van der Waals surface area contributed by atoms with Crippen LogP contribution in [0.25, 0.3) is 0 Å². The number of unbranched alkanes of at least 4 members (excludes halogenated alkanes) is 28. The van der Waals surface area contributed by atoms with Crippen LogP contribution in [0.15, 0.2) is 146 Å². The van der Waals surface area contributed by atoms with Crippen LogP contribution in [0.1, 0.15) is 336 Å². The van der Waals surface area contributed by atoms with Gasteiger partial charge in [0.2, 0.25) is 0 Å². The Morgan fingerprint density at radius 2 is 0.481 bits per heavy atom. The molecule has 0 spiro atoms. The molecule has 0 saturated heterocycles. The molecule has 0 fully saturated rings. The first kappa shape index (κ1) is 103. The van der Waals surface area contributed by atoms with Gasteiger partial charge in [0.25, 0.3) is 0 Å². The molecule has 0 bridgehead atoms. The molecule has 108 heavy (non-hydrogen) atoms. The van der Waals surface area contributed by atoms with Crippen LogP contribution < -0.4 is 0 Å². The maximum atomic E-state index is 13.1. The highest BCUT2D eigenvalue weighted by Gasteiger charge is 2.30. The van der Waals surface area contributed by atoms with Gasteiger partial charge in [0.1, 0.15) is 19.3 Å². The first-order valence-corrected chi connectivity index (χ1v) is 45.1. The second-order valence-electron chi connectivity index (χ2n) is 27.6. The molecule has 5 unspecified atom stereocenters. The number of carbonyl (C=O) groups is 4. The van der Waals surface area contributed by atoms with E-state index in [9.17, 15) is 43.2 Å². The molecule has 618 valence electrons. The quantitative estimate of drug-likeness (QED) is 0.0169. The molecular formula is C89H150O17P2. The van der Waals surface area contributed by atoms with Gasteiger partial charge < -0.3 is 33.8 Å². The number of allylic oxidation sites excluding steroid dienone is 24. The lowest BCUT2D eigenvalue weighted by Gasteiger charge is -2.21. The molecule has 17 nitrogen and oxygen atoms in total. The van der Waals surface area contributed by atoms with Gasteiger partial charge in [-0.2, -0.15) is 0 Å². The molecule has 3 N–H and O–H groups in total. The minimum atomic E-state index is -4.99. The first-order valence-electron chi connectivity index (χ1n) is 42.1. The van der Waals surface area contributed by atoms with E-state index in [0.29, 0.717) is 25.7 Å². The molecule has 0 saturated carbocycles. The predicted molar refractivity (Wildman–Crippen MR) is 445 cm³/mol. The van der Waals surface area contributed by atoms with Crippen LogP contribution in [-0.4, -0.2) is 96.7 Å². The van der Waals surface area contributed by atoms with Gasteiger partial charge in [-0.15, -0.1) is 0 Å². The number of hydrogen-bond donors (Lipinski definition) is 3. The van der Waals surface area contributed by atoms with Crippen molar-refractivity contribution in [2.24, 2.45) is 0 Å². The number of carbonyl (C=O) groups excluding carboxylic acids is 4. The Kier molecular flexibility index (Phi) is 76.3. The lowest BCUT2D eigenvalue weighted by atomic mass is 10.1. The summed E-state index contributed by atoms with van der Waals surface area (Å²) in [7, 11) is -9.98. The van der Waals surface area contributed by atoms with Crippen LogP contribution in [0, 0.1) is 0 Å². The van der Waals surface area contributed by atoms with Crippen molar-refractivity contribution in [1.29, 1.82) is 0 Å². The molecule has 0 heterocycles. The average molecular weight is 1550 g/mol. The summed E-state index contributed by atoms with van der Waals surface area (Å²) in [4.78, 5) is 73.2. The zero-order valence-electron chi connectivity index (χ0n) is 67.7. The first-order chi connectivity index (χ1) is 52.7. The van der Waals surface area contributed by atoms with E-state index >= 15 is 0 Å². The highest BCUT2D eigenvalue weighted by atomic mass is 31.2. The van der Waals surface area contributed by atoms with Crippen molar-refractivity contribution in [2.75, 3.05) is 39.6 Å². The van der Waals surface area contributed by atoms with E-state index in [4.69, 9.17) is 37.0 Å². The lowest BCUT2D eigenvalue weighted by molar-refractivity contribution is -0.161. The van der Waals surface area contributed by atoms with Crippen molar-refractivity contribution >= 4 is 39.5 Å². The number of phosphoric acid groups is 2. The summed E-state index contributed by atoms with van der Waals surface area (Å²) >= 11 is 0. The fraction of sp³-hybridized carbons (Fsp3) is 0.685. The Hall–Kier alpha value is -5.06. The number of esters is 4. The van der Waals surface area contributed by atoms with Crippen LogP contribution in [0.3, 0.4) is 0 Å². The maximum Gasteiger partial charge on any atom is 0.472 e. The highest BCUT2D eigenvalue weighted by molar-refractivity contribution is 7.47. The monoisotopic (exact) mass is 1550 g/mol. The Morgan fingerprint density at radius 1 is 0.269 bits per heavy atom. The molecule has 0 radical (unpaired) electrons. The molecule has 0 rings (SSSR count). The third kappa shape index (κ3) is 79.0. The summed E-state index contributed by atoms with van der Waals surface area (Å²) in [5.41, 5.74) is 0. The van der Waals surface area contributed by atoms with E-state index in [2.05, 4.69) is 174 Å². The standard InChI is InChI=1S/C89H150O17P2/c1-5-9-13-17-21-25-29-33-36-39-41-44-47-51-54-58-62-66-70-74-87(92)100-80-85(106-89(94)76-72-68-64-60-56-52-48-45-42-40-37-34-30-26-22-18-14-10-6-2)82-104-108(97,98)102-78-83(90)77-101-107(95,96)103-81-84(105-88(93)75-71-67-63-59-55-49-32-28-24-20-16-12-8-4)79-99-86(91)73-69-65-61-57-53-50-46-43-38-35-31-27-23-19-15-11-7-3/h9-11,13-15,21-23,25-28,32-38,41-42,44-45,83-85,90H,5-8,12,16-20,24,29-31,39-40,43,46-82H2,1-4H3,(H,95,96)(H,97,98)/b13-9-,14-10-,15-11-,25-21-,26-22-,27-23-,32-28-,36-33-,37-34-,38-35-,44-41-,45-42-. The minimum absolute atomic E-state index is 0.0713. The Bertz CT molecular complexity index is 2610. The largest absolute Gasteiger partial charge is 0.472 e. The molecule has 0 aromatic carbocycles. The normalized spacial score (nSPS) is 14.5. The minimum Gasteiger partial charge on any atom is -0.462 e. The number of ether oxygens (including phenoxy) is 4. The Morgan fingerprint density at radius 3 is 0.750 bits per heavy atom. The van der Waals surface area contributed by atoms with Gasteiger partial charge in [-0.3, -0.25) is 37.3 Å². The number of aliphatic hydroxyl groups excluding tert-OH is 1. The summed E-state index contributed by atoms with van der Waals surface area (Å²) in [5, 5.41) is 10.7. The molecule has 0 aliphatic carbocycles. The van der Waals surface area contributed by atoms with E-state index < -0.39 is 97.5 Å². The van der Waals surface area contributed by atoms with Gasteiger partial charge in [-0.1, -0.05) is 296 Å². The number of aliphatic hydroxyl groups is 1. The Labute approximate surface area is 656 Å². The van der Waals surface area contributed by atoms with Crippen LogP contribution in [0.4, 0.5) is 0 Å². The van der Waals surface area contributed by atoms with Crippen molar-refractivity contribution in [2.45, 2.75) is 354 Å². The molecule has 0 aromatic heterocycles. The second-order valence-corrected chi connectivity index (χ2v) is 30.5. The SMILES string of the molecule is CC/C=C\C/C=C\C/C=C\C/C=C\CCCCCCCCC(=O)OCC(COP(=O)(O)OCC(O)COP(=O)(O)OCC(COC(=O)CCCCCCCCC/C=C\C/C=C\C/C=C\CC)OC(=O)CCCCCCC/C=C\CCCCCC)OC(=O)CCCCCCCC/C=C\C/C=C\C/C=C\C/C=C\CC. The molecule has 0 aromatic rings. The molecule has 0 amide bonds. The van der Waals surface area contributed by atoms with Crippen LogP contribution >= 0.6 is 15.6 Å². The van der Waals surface area contributed by atoms with Crippen LogP contribution in [-0.2, 0) is 65.4 Å². The summed E-state index contributed by atoms with van der Waals surface area (Å²) < 4.78 is 68.8. The molecule has 19 heteroatoms. The smallest absolute Gasteiger partial charge is 0.462 e. The third-order valence-corrected chi connectivity index (χ3v) is 19.2. The summed E-state index contributed by atoms with van der Waals surface area (Å²) in [6.07, 6.45) is 92.3. The van der Waals surface area contributed by atoms with E-state index in [1.165, 1.54) is 25.7 Å². The summed E-state index contributed by atoms with van der Waals surface area (Å²) in [6.45, 7) is 4.50. The zero-order chi connectivity index (χ0) is 78.9. The summed E-state index contributed by atoms with van der Waals surface area (Å²) in [5.74, 6) is -2.22. The molecule has 0 aliphatic heterocycles. The topological polar surface area (TPSA) is 237 Å². The van der Waals surface area contributed by atoms with Gasteiger partial charge in [0, 0.05) is 25.7 Å². The molecule has 0 aliphatic rings. The zero-order valence-corrected chi connectivity index (χ0v) is 69.5. The van der Waals surface area contributed by atoms with Crippen molar-refractivity contribution in [3.05, 3.63) is 146 Å². The fourth-order valence-corrected chi connectivity index (χ4v) is 12.6. The van der Waals surface area contributed by atoms with Crippen molar-refractivity contribution in [3.63, 3.8) is 0 Å². The van der Waals surface area contributed by atoms with Crippen LogP contribution in [0.5, 0.6) is 0 Å². The van der Waals surface area contributed by atoms with E-state index in [1.807, 2.05) is 0 Å². The average Bonchev–Trinajstić information content (AvgIpc) is 0.892. The lowest BCUT2D eigenvalue weighted by Crippen LogP contribution is -2.30. The third-order valence-electron chi connectivity index (χ3n) is 17.3. The molecule has 5 atom stereocenters. The number of hydrogen-bond acceptors (Lipinski definition) is 15. The second kappa shape index (κ2) is 80.0. The maximum absolute atomic E-state index is 13.1. The predicted octanol–water partition coefficient (Wildman–Crippen LogP) is 25.0. The molecular weight excluding hydrogens is 1400 g/mol. The fourth-order valence-electron chi connectivity index (χ4n) is 11.0. The van der Waals surface area contributed by atoms with Gasteiger partial charge in [0.05, 0.1) is 26.4 Å². The highest BCUT2D eigenvalue weighted by Crippen LogP contribution is 2.45. The van der Waals surface area contributed by atoms with E-state index in [0.717, 1.165) is 231 Å². The summed E-state index contributed by atoms with van der Waals surface area (Å²) in [6, 6.07) is 0. The Balaban J connectivity index is 5.40. The van der Waals surface area contributed by atoms with Crippen molar-refractivity contribution < 1.29 is 80.2 Å². The van der Waals surface area contributed by atoms with Gasteiger partial charge in [-0.05, 0) is 161 Å². The van der Waals surface area contributed by atoms with Crippen molar-refractivity contribution in [1.82, 2.24) is 0 Å². The van der Waals surface area contributed by atoms with Gasteiger partial charge >= 0.3 is 39.5 Å². The van der Waals surface area contributed by atoms with Crippen LogP contribution in [0.2, 0.25) is 0 Å². The number of phosphoric ester groups is 2. The van der Waals surface area contributed by atoms with Gasteiger partial charge in [0.15, 0.2) is 12.2 Å². The van der Waals surface area contributed by atoms with Crippen molar-refractivity contribution in [3.8, 4) is 0 Å². The van der Waals surface area contributed by atoms with Gasteiger partial charge in [-0.25, -0.2) is 9.13 Å².